The lowest BCUT2D eigenvalue weighted by molar-refractivity contribution is -0.133. The summed E-state index contributed by atoms with van der Waals surface area (Å²) in [5, 5.41) is 10.3. The average Bonchev–Trinajstić information content (AvgIpc) is 3.49. The van der Waals surface area contributed by atoms with Gasteiger partial charge in [0.1, 0.15) is 24.8 Å². The molecule has 0 N–H and O–H groups in total. The number of tetrazole rings is 1. The van der Waals surface area contributed by atoms with Gasteiger partial charge in [-0.3, -0.25) is 4.79 Å². The molecule has 0 radical (unpaired) electrons. The Labute approximate surface area is 170 Å². The van der Waals surface area contributed by atoms with Crippen LogP contribution in [0.5, 0.6) is 11.5 Å². The van der Waals surface area contributed by atoms with Gasteiger partial charge in [-0.2, -0.15) is 9.36 Å². The van der Waals surface area contributed by atoms with E-state index in [0.29, 0.717) is 30.5 Å². The Kier molecular flexibility index (Phi) is 4.55. The SMILES string of the molecule is O=C(Cn1nnn(-c2cccs2)c1=O)N1CCC[C@H]1c1ccc2c(c1)OCCO2. The van der Waals surface area contributed by atoms with Gasteiger partial charge in [-0.25, -0.2) is 4.79 Å². The third-order valence-corrected chi connectivity index (χ3v) is 6.01. The molecule has 2 aromatic heterocycles. The van der Waals surface area contributed by atoms with Crippen molar-refractivity contribution in [2.75, 3.05) is 19.8 Å². The Hall–Kier alpha value is -3.14. The third kappa shape index (κ3) is 3.29. The first-order valence-corrected chi connectivity index (χ1v) is 10.3. The first kappa shape index (κ1) is 17.9. The topological polar surface area (TPSA) is 91.5 Å². The minimum Gasteiger partial charge on any atom is -0.486 e. The zero-order chi connectivity index (χ0) is 19.8. The molecule has 1 saturated heterocycles. The molecule has 0 spiro atoms. The number of hydrogen-bond donors (Lipinski definition) is 0. The van der Waals surface area contributed by atoms with Crippen molar-refractivity contribution in [1.29, 1.82) is 0 Å². The molecule has 0 saturated carbocycles. The van der Waals surface area contributed by atoms with E-state index in [4.69, 9.17) is 9.47 Å². The van der Waals surface area contributed by atoms with Crippen molar-refractivity contribution in [3.05, 3.63) is 51.8 Å². The maximum atomic E-state index is 13.0. The highest BCUT2D eigenvalue weighted by Crippen LogP contribution is 2.38. The highest BCUT2D eigenvalue weighted by Gasteiger charge is 2.31. The zero-order valence-corrected chi connectivity index (χ0v) is 16.4. The number of rotatable bonds is 4. The fraction of sp³-hybridized carbons (Fsp3) is 0.368. The van der Waals surface area contributed by atoms with E-state index >= 15 is 0 Å². The molecule has 4 heterocycles. The number of likely N-dealkylation sites (tertiary alicyclic amines) is 1. The summed E-state index contributed by atoms with van der Waals surface area (Å²) in [6.45, 7) is 1.57. The number of carbonyl (C=O) groups is 1. The number of carbonyl (C=O) groups excluding carboxylic acids is 1. The first-order valence-electron chi connectivity index (χ1n) is 9.46. The van der Waals surface area contributed by atoms with Gasteiger partial charge in [-0.15, -0.1) is 11.3 Å². The van der Waals surface area contributed by atoms with Gasteiger partial charge in [0, 0.05) is 6.54 Å². The van der Waals surface area contributed by atoms with Gasteiger partial charge in [-0.1, -0.05) is 6.07 Å². The normalized spacial score (nSPS) is 18.2. The van der Waals surface area contributed by atoms with Crippen LogP contribution in [0.15, 0.2) is 40.5 Å². The summed E-state index contributed by atoms with van der Waals surface area (Å²) in [4.78, 5) is 27.3. The van der Waals surface area contributed by atoms with E-state index in [1.54, 1.807) is 6.07 Å². The molecular formula is C19H19N5O4S. The third-order valence-electron chi connectivity index (χ3n) is 5.16. The molecule has 1 aromatic carbocycles. The van der Waals surface area contributed by atoms with E-state index in [9.17, 15) is 9.59 Å². The molecular weight excluding hydrogens is 394 g/mol. The summed E-state index contributed by atoms with van der Waals surface area (Å²) in [5.74, 6) is 1.29. The predicted octanol–water partition coefficient (Wildman–Crippen LogP) is 1.63. The number of ether oxygens (including phenoxy) is 2. The lowest BCUT2D eigenvalue weighted by Gasteiger charge is -2.26. The van der Waals surface area contributed by atoms with E-state index in [0.717, 1.165) is 28.8 Å². The van der Waals surface area contributed by atoms with Crippen LogP contribution in [0.1, 0.15) is 24.4 Å². The molecule has 2 aliphatic rings. The van der Waals surface area contributed by atoms with Gasteiger partial charge in [0.15, 0.2) is 11.5 Å². The molecule has 0 unspecified atom stereocenters. The van der Waals surface area contributed by atoms with E-state index in [1.165, 1.54) is 16.0 Å². The maximum Gasteiger partial charge on any atom is 0.369 e. The number of benzene rings is 1. The molecule has 0 bridgehead atoms. The Balaban J connectivity index is 1.35. The zero-order valence-electron chi connectivity index (χ0n) is 15.6. The second kappa shape index (κ2) is 7.36. The molecule has 150 valence electrons. The van der Waals surface area contributed by atoms with Crippen LogP contribution in [0.25, 0.3) is 5.00 Å². The molecule has 0 aliphatic carbocycles. The minimum atomic E-state index is -0.420. The summed E-state index contributed by atoms with van der Waals surface area (Å²) in [7, 11) is 0. The number of aromatic nitrogens is 4. The van der Waals surface area contributed by atoms with Crippen LogP contribution in [0.4, 0.5) is 0 Å². The summed E-state index contributed by atoms with van der Waals surface area (Å²) in [6, 6.07) is 9.38. The fourth-order valence-corrected chi connectivity index (χ4v) is 4.47. The van der Waals surface area contributed by atoms with Crippen molar-refractivity contribution < 1.29 is 14.3 Å². The summed E-state index contributed by atoms with van der Waals surface area (Å²) < 4.78 is 13.6. The average molecular weight is 413 g/mol. The number of fused-ring (bicyclic) bond motifs is 1. The number of hydrogen-bond acceptors (Lipinski definition) is 7. The Morgan fingerprint density at radius 3 is 2.86 bits per heavy atom. The lowest BCUT2D eigenvalue weighted by Crippen LogP contribution is -2.36. The van der Waals surface area contributed by atoms with Crippen molar-refractivity contribution in [2.24, 2.45) is 0 Å². The predicted molar refractivity (Wildman–Crippen MR) is 105 cm³/mol. The second-order valence-corrected chi connectivity index (χ2v) is 7.86. The minimum absolute atomic E-state index is 0.0543. The molecule has 1 atom stereocenters. The van der Waals surface area contributed by atoms with E-state index < -0.39 is 5.69 Å². The van der Waals surface area contributed by atoms with Crippen LogP contribution >= 0.6 is 11.3 Å². The molecule has 29 heavy (non-hydrogen) atoms. The van der Waals surface area contributed by atoms with Crippen LogP contribution < -0.4 is 15.2 Å². The van der Waals surface area contributed by atoms with E-state index in [-0.39, 0.29) is 18.5 Å². The molecule has 2 aliphatic heterocycles. The van der Waals surface area contributed by atoms with Crippen LogP contribution in [-0.2, 0) is 11.3 Å². The summed E-state index contributed by atoms with van der Waals surface area (Å²) >= 11 is 1.39. The van der Waals surface area contributed by atoms with Crippen LogP contribution in [-0.4, -0.2) is 50.4 Å². The number of thiophene rings is 1. The molecule has 10 heteroatoms. The van der Waals surface area contributed by atoms with Crippen molar-refractivity contribution in [3.8, 4) is 16.5 Å². The van der Waals surface area contributed by atoms with E-state index in [2.05, 4.69) is 10.4 Å². The van der Waals surface area contributed by atoms with Crippen molar-refractivity contribution >= 4 is 17.2 Å². The molecule has 5 rings (SSSR count). The smallest absolute Gasteiger partial charge is 0.369 e. The quantitative estimate of drug-likeness (QED) is 0.646. The van der Waals surface area contributed by atoms with Gasteiger partial charge in [-0.05, 0) is 58.5 Å². The Bertz CT molecular complexity index is 1090. The van der Waals surface area contributed by atoms with Crippen LogP contribution in [0.3, 0.4) is 0 Å². The first-order chi connectivity index (χ1) is 14.2. The number of amides is 1. The largest absolute Gasteiger partial charge is 0.486 e. The highest BCUT2D eigenvalue weighted by atomic mass is 32.1. The van der Waals surface area contributed by atoms with Crippen LogP contribution in [0, 0.1) is 0 Å². The van der Waals surface area contributed by atoms with Crippen molar-refractivity contribution in [2.45, 2.75) is 25.4 Å². The second-order valence-electron chi connectivity index (χ2n) is 6.93. The van der Waals surface area contributed by atoms with Crippen LogP contribution in [0.2, 0.25) is 0 Å². The van der Waals surface area contributed by atoms with Gasteiger partial charge in [0.25, 0.3) is 0 Å². The summed E-state index contributed by atoms with van der Waals surface area (Å²) in [5.41, 5.74) is 0.588. The van der Waals surface area contributed by atoms with Gasteiger partial charge < -0.3 is 14.4 Å². The highest BCUT2D eigenvalue weighted by molar-refractivity contribution is 7.12. The lowest BCUT2D eigenvalue weighted by atomic mass is 10.0. The van der Waals surface area contributed by atoms with Crippen molar-refractivity contribution in [3.63, 3.8) is 0 Å². The van der Waals surface area contributed by atoms with Gasteiger partial charge in [0.05, 0.1) is 6.04 Å². The molecule has 3 aromatic rings. The molecule has 1 amide bonds. The number of nitrogens with zero attached hydrogens (tertiary/aromatic N) is 5. The standard InChI is InChI=1S/C19H19N5O4S/c25-17(12-23-19(26)24(21-20-23)18-4-2-10-29-18)22-7-1-3-14(22)13-5-6-15-16(11-13)28-9-8-27-15/h2,4-6,10-11,14H,1,3,7-9,12H2/t14-/m0/s1. The molecule has 9 nitrogen and oxygen atoms in total. The van der Waals surface area contributed by atoms with E-state index in [1.807, 2.05) is 34.5 Å². The van der Waals surface area contributed by atoms with Crippen molar-refractivity contribution in [1.82, 2.24) is 24.7 Å². The summed E-state index contributed by atoms with van der Waals surface area (Å²) in [6.07, 6.45) is 1.77. The fourth-order valence-electron chi connectivity index (χ4n) is 3.80. The Morgan fingerprint density at radius 2 is 2.03 bits per heavy atom. The van der Waals surface area contributed by atoms with Gasteiger partial charge >= 0.3 is 5.69 Å². The van der Waals surface area contributed by atoms with Gasteiger partial charge in [0.2, 0.25) is 5.91 Å². The monoisotopic (exact) mass is 413 g/mol. The molecule has 1 fully saturated rings. The maximum absolute atomic E-state index is 13.0. The Morgan fingerprint density at radius 1 is 1.17 bits per heavy atom.